The molecule has 0 unspecified atom stereocenters. The summed E-state index contributed by atoms with van der Waals surface area (Å²) in [4.78, 5) is 4.18. The van der Waals surface area contributed by atoms with Crippen LogP contribution in [-0.4, -0.2) is 14.7 Å². The van der Waals surface area contributed by atoms with Gasteiger partial charge in [0.1, 0.15) is 5.82 Å². The van der Waals surface area contributed by atoms with Crippen molar-refractivity contribution in [3.05, 3.63) is 46.5 Å². The van der Waals surface area contributed by atoms with Crippen molar-refractivity contribution >= 4 is 23.4 Å². The number of imidazole rings is 1. The molecule has 0 atom stereocenters. The molecule has 0 saturated carbocycles. The summed E-state index contributed by atoms with van der Waals surface area (Å²) in [7, 11) is 1.83. The van der Waals surface area contributed by atoms with Crippen LogP contribution in [0.25, 0.3) is 0 Å². The van der Waals surface area contributed by atoms with Crippen LogP contribution in [0.2, 0.25) is 5.02 Å². The number of nitrogens with zero attached hydrogens (tertiary/aromatic N) is 2. The zero-order valence-corrected chi connectivity index (χ0v) is 11.3. The van der Waals surface area contributed by atoms with Gasteiger partial charge in [0.2, 0.25) is 0 Å². The molecule has 0 aliphatic carbocycles. The Hall–Kier alpha value is -1.04. The molecule has 0 amide bonds. The van der Waals surface area contributed by atoms with E-state index in [1.54, 1.807) is 22.9 Å². The van der Waals surface area contributed by atoms with Crippen molar-refractivity contribution in [2.45, 2.75) is 17.5 Å². The Morgan fingerprint density at radius 2 is 2.28 bits per heavy atom. The Balaban J connectivity index is 2.11. The summed E-state index contributed by atoms with van der Waals surface area (Å²) in [5, 5.41) is 9.97. The highest BCUT2D eigenvalue weighted by Crippen LogP contribution is 2.27. The SMILES string of the molecule is Cn1c(CO)cnc1SCc1cccc(F)c1Cl. The number of thioether (sulfide) groups is 1. The van der Waals surface area contributed by atoms with Gasteiger partial charge in [-0.1, -0.05) is 35.5 Å². The predicted octanol–water partition coefficient (Wildman–Crippen LogP) is 3.00. The van der Waals surface area contributed by atoms with Gasteiger partial charge in [-0.15, -0.1) is 0 Å². The fourth-order valence-corrected chi connectivity index (χ4v) is 2.74. The molecule has 18 heavy (non-hydrogen) atoms. The van der Waals surface area contributed by atoms with Crippen LogP contribution in [-0.2, 0) is 19.4 Å². The van der Waals surface area contributed by atoms with Crippen LogP contribution in [0.3, 0.4) is 0 Å². The summed E-state index contributed by atoms with van der Waals surface area (Å²) in [6, 6.07) is 4.75. The molecule has 0 radical (unpaired) electrons. The van der Waals surface area contributed by atoms with Crippen LogP contribution in [0.5, 0.6) is 0 Å². The van der Waals surface area contributed by atoms with Crippen LogP contribution in [0.4, 0.5) is 4.39 Å². The molecule has 1 heterocycles. The summed E-state index contributed by atoms with van der Waals surface area (Å²) >= 11 is 7.33. The van der Waals surface area contributed by atoms with Gasteiger partial charge in [0.05, 0.1) is 23.5 Å². The molecule has 1 aromatic carbocycles. The van der Waals surface area contributed by atoms with Crippen molar-refractivity contribution in [3.8, 4) is 0 Å². The molecule has 1 N–H and O–H groups in total. The maximum absolute atomic E-state index is 13.2. The normalized spacial score (nSPS) is 10.9. The molecule has 6 heteroatoms. The number of benzene rings is 1. The summed E-state index contributed by atoms with van der Waals surface area (Å²) in [5.41, 5.74) is 1.47. The Bertz CT molecular complexity index is 559. The molecule has 0 aliphatic rings. The van der Waals surface area contributed by atoms with Crippen molar-refractivity contribution in [1.29, 1.82) is 0 Å². The zero-order chi connectivity index (χ0) is 13.1. The molecular formula is C12H12ClFN2OS. The maximum Gasteiger partial charge on any atom is 0.168 e. The Kier molecular flexibility index (Phi) is 4.27. The summed E-state index contributed by atoms with van der Waals surface area (Å²) in [5.74, 6) is 0.123. The first-order valence-electron chi connectivity index (χ1n) is 5.30. The number of aromatic nitrogens is 2. The Morgan fingerprint density at radius 1 is 1.50 bits per heavy atom. The summed E-state index contributed by atoms with van der Waals surface area (Å²) < 4.78 is 15.1. The fourth-order valence-electron chi connectivity index (χ4n) is 1.51. The van der Waals surface area contributed by atoms with Crippen LogP contribution < -0.4 is 0 Å². The lowest BCUT2D eigenvalue weighted by Crippen LogP contribution is -1.97. The molecule has 0 aliphatic heterocycles. The van der Waals surface area contributed by atoms with Crippen LogP contribution in [0.1, 0.15) is 11.3 Å². The second-order valence-corrected chi connectivity index (χ2v) is 5.07. The van der Waals surface area contributed by atoms with E-state index < -0.39 is 5.82 Å². The molecule has 2 rings (SSSR count). The molecule has 2 aromatic rings. The fraction of sp³-hybridized carbons (Fsp3) is 0.250. The largest absolute Gasteiger partial charge is 0.390 e. The molecule has 1 aromatic heterocycles. The van der Waals surface area contributed by atoms with Crippen molar-refractivity contribution in [2.24, 2.45) is 7.05 Å². The van der Waals surface area contributed by atoms with Crippen molar-refractivity contribution in [1.82, 2.24) is 9.55 Å². The number of halogens is 2. The second kappa shape index (κ2) is 5.73. The topological polar surface area (TPSA) is 38.0 Å². The summed E-state index contributed by atoms with van der Waals surface area (Å²) in [6.45, 7) is -0.0508. The van der Waals surface area contributed by atoms with E-state index in [1.165, 1.54) is 17.8 Å². The molecular weight excluding hydrogens is 275 g/mol. The molecule has 0 fully saturated rings. The molecule has 96 valence electrons. The van der Waals surface area contributed by atoms with E-state index in [1.807, 2.05) is 7.05 Å². The van der Waals surface area contributed by atoms with E-state index in [9.17, 15) is 4.39 Å². The summed E-state index contributed by atoms with van der Waals surface area (Å²) in [6.07, 6.45) is 1.62. The van der Waals surface area contributed by atoms with E-state index in [4.69, 9.17) is 16.7 Å². The van der Waals surface area contributed by atoms with E-state index >= 15 is 0 Å². The van der Waals surface area contributed by atoms with Gasteiger partial charge in [0.15, 0.2) is 5.16 Å². The highest BCUT2D eigenvalue weighted by atomic mass is 35.5. The van der Waals surface area contributed by atoms with Crippen molar-refractivity contribution in [2.75, 3.05) is 0 Å². The van der Waals surface area contributed by atoms with Gasteiger partial charge in [0.25, 0.3) is 0 Å². The predicted molar refractivity (Wildman–Crippen MR) is 70.1 cm³/mol. The van der Waals surface area contributed by atoms with E-state index in [0.29, 0.717) is 5.75 Å². The third kappa shape index (κ3) is 2.68. The Morgan fingerprint density at radius 3 is 2.94 bits per heavy atom. The first-order valence-corrected chi connectivity index (χ1v) is 6.67. The minimum Gasteiger partial charge on any atom is -0.390 e. The molecule has 0 saturated heterocycles. The number of rotatable bonds is 4. The highest BCUT2D eigenvalue weighted by molar-refractivity contribution is 7.98. The van der Waals surface area contributed by atoms with E-state index in [0.717, 1.165) is 16.4 Å². The van der Waals surface area contributed by atoms with Gasteiger partial charge in [0, 0.05) is 12.8 Å². The number of hydrogen-bond donors (Lipinski definition) is 1. The Labute approximate surface area is 114 Å². The van der Waals surface area contributed by atoms with Gasteiger partial charge in [-0.05, 0) is 11.6 Å². The van der Waals surface area contributed by atoms with Crippen molar-refractivity contribution in [3.63, 3.8) is 0 Å². The number of aliphatic hydroxyl groups excluding tert-OH is 1. The monoisotopic (exact) mass is 286 g/mol. The van der Waals surface area contributed by atoms with Crippen LogP contribution in [0.15, 0.2) is 29.6 Å². The van der Waals surface area contributed by atoms with Gasteiger partial charge >= 0.3 is 0 Å². The lowest BCUT2D eigenvalue weighted by molar-refractivity contribution is 0.271. The van der Waals surface area contributed by atoms with Gasteiger partial charge < -0.3 is 9.67 Å². The van der Waals surface area contributed by atoms with E-state index in [-0.39, 0.29) is 11.6 Å². The van der Waals surface area contributed by atoms with Crippen LogP contribution in [0, 0.1) is 5.82 Å². The van der Waals surface area contributed by atoms with E-state index in [2.05, 4.69) is 4.98 Å². The maximum atomic E-state index is 13.2. The standard InChI is InChI=1S/C12H12ClFN2OS/c1-16-9(6-17)5-15-12(16)18-7-8-3-2-4-10(14)11(8)13/h2-5,17H,6-7H2,1H3. The highest BCUT2D eigenvalue weighted by Gasteiger charge is 2.09. The lowest BCUT2D eigenvalue weighted by atomic mass is 10.2. The molecule has 0 bridgehead atoms. The lowest BCUT2D eigenvalue weighted by Gasteiger charge is -2.06. The average Bonchev–Trinajstić information content (AvgIpc) is 2.72. The number of aliphatic hydroxyl groups is 1. The average molecular weight is 287 g/mol. The number of hydrogen-bond acceptors (Lipinski definition) is 3. The minimum absolute atomic E-state index is 0.0508. The third-order valence-electron chi connectivity index (χ3n) is 2.59. The third-order valence-corrected chi connectivity index (χ3v) is 4.11. The smallest absolute Gasteiger partial charge is 0.168 e. The zero-order valence-electron chi connectivity index (χ0n) is 9.73. The first-order chi connectivity index (χ1) is 8.63. The van der Waals surface area contributed by atoms with Gasteiger partial charge in [-0.25, -0.2) is 9.37 Å². The quantitative estimate of drug-likeness (QED) is 0.878. The minimum atomic E-state index is -0.411. The first kappa shape index (κ1) is 13.4. The van der Waals surface area contributed by atoms with Crippen molar-refractivity contribution < 1.29 is 9.50 Å². The molecule has 0 spiro atoms. The van der Waals surface area contributed by atoms with Crippen LogP contribution >= 0.6 is 23.4 Å². The van der Waals surface area contributed by atoms with Gasteiger partial charge in [-0.2, -0.15) is 0 Å². The second-order valence-electron chi connectivity index (χ2n) is 3.75. The van der Waals surface area contributed by atoms with Gasteiger partial charge in [-0.3, -0.25) is 0 Å². The molecule has 3 nitrogen and oxygen atoms in total.